The van der Waals surface area contributed by atoms with Gasteiger partial charge in [0.25, 0.3) is 15.9 Å². The average molecular weight is 445 g/mol. The maximum atomic E-state index is 12.5. The third kappa shape index (κ3) is 5.04. The average Bonchev–Trinajstić information content (AvgIpc) is 2.67. The van der Waals surface area contributed by atoms with E-state index in [1.807, 2.05) is 19.9 Å². The fourth-order valence-corrected chi connectivity index (χ4v) is 3.72. The number of carbonyl (C=O) groups is 1. The van der Waals surface area contributed by atoms with E-state index in [4.69, 9.17) is 28.0 Å². The van der Waals surface area contributed by atoms with E-state index in [9.17, 15) is 13.2 Å². The van der Waals surface area contributed by atoms with Crippen molar-refractivity contribution in [1.29, 1.82) is 0 Å². The fraction of sp³-hybridized carbons (Fsp3) is 0.316. The largest absolute Gasteiger partial charge is 0.351 e. The first kappa shape index (κ1) is 22.6. The molecule has 1 amide bonds. The van der Waals surface area contributed by atoms with Crippen molar-refractivity contribution in [2.24, 2.45) is 0 Å². The van der Waals surface area contributed by atoms with Crippen molar-refractivity contribution in [3.8, 4) is 0 Å². The summed E-state index contributed by atoms with van der Waals surface area (Å²) in [5.41, 5.74) is 0.907. The topological polar surface area (TPSA) is 75.7 Å². The summed E-state index contributed by atoms with van der Waals surface area (Å²) in [6, 6.07) is 11.0. The number of halogens is 2. The number of hydroxylamine groups is 1. The van der Waals surface area contributed by atoms with E-state index in [0.29, 0.717) is 22.2 Å². The van der Waals surface area contributed by atoms with E-state index in [0.717, 1.165) is 10.0 Å². The number of nitrogens with zero attached hydrogens (tertiary/aromatic N) is 1. The molecule has 0 aliphatic heterocycles. The third-order valence-electron chi connectivity index (χ3n) is 4.40. The van der Waals surface area contributed by atoms with Crippen LogP contribution >= 0.6 is 23.2 Å². The van der Waals surface area contributed by atoms with Crippen LogP contribution in [0.25, 0.3) is 0 Å². The van der Waals surface area contributed by atoms with Crippen LogP contribution in [0.5, 0.6) is 0 Å². The molecule has 0 aromatic heterocycles. The van der Waals surface area contributed by atoms with Crippen LogP contribution in [0, 0.1) is 0 Å². The Morgan fingerprint density at radius 2 is 1.71 bits per heavy atom. The number of benzene rings is 2. The molecule has 0 saturated heterocycles. The van der Waals surface area contributed by atoms with Crippen molar-refractivity contribution in [2.75, 3.05) is 20.7 Å². The maximum absolute atomic E-state index is 12.5. The van der Waals surface area contributed by atoms with Gasteiger partial charge in [-0.2, -0.15) is 0 Å². The molecule has 28 heavy (non-hydrogen) atoms. The Labute approximate surface area is 175 Å². The second-order valence-corrected chi connectivity index (χ2v) is 9.57. The van der Waals surface area contributed by atoms with E-state index < -0.39 is 10.0 Å². The molecule has 0 radical (unpaired) electrons. The first-order chi connectivity index (χ1) is 13.0. The van der Waals surface area contributed by atoms with E-state index in [-0.39, 0.29) is 16.2 Å². The maximum Gasteiger partial charge on any atom is 0.264 e. The van der Waals surface area contributed by atoms with Crippen LogP contribution in [0.2, 0.25) is 10.0 Å². The molecule has 0 unspecified atom stereocenters. The molecule has 0 aliphatic carbocycles. The molecule has 2 aromatic carbocycles. The number of hydrogen-bond acceptors (Lipinski definition) is 4. The van der Waals surface area contributed by atoms with Crippen LogP contribution in [0.1, 0.15) is 29.8 Å². The van der Waals surface area contributed by atoms with Gasteiger partial charge in [0.15, 0.2) is 0 Å². The Morgan fingerprint density at radius 3 is 2.25 bits per heavy atom. The molecule has 0 bridgehead atoms. The van der Waals surface area contributed by atoms with Crippen molar-refractivity contribution in [2.45, 2.75) is 24.2 Å². The summed E-state index contributed by atoms with van der Waals surface area (Å²) in [4.78, 5) is 17.2. The standard InChI is InChI=1S/C19H22Cl2N2O4S/c1-19(2,14-7-10-16(20)17(21)11-14)12-22-18(24)13-5-8-15(9-6-13)28(25,26)23(3)27-4/h5-11H,12H2,1-4H3,(H,22,24). The monoisotopic (exact) mass is 444 g/mol. The van der Waals surface area contributed by atoms with Crippen LogP contribution in [0.4, 0.5) is 0 Å². The first-order valence-electron chi connectivity index (χ1n) is 8.36. The van der Waals surface area contributed by atoms with Gasteiger partial charge in [0.05, 0.1) is 22.1 Å². The van der Waals surface area contributed by atoms with Crippen molar-refractivity contribution < 1.29 is 18.0 Å². The number of nitrogens with one attached hydrogen (secondary N) is 1. The first-order valence-corrected chi connectivity index (χ1v) is 10.6. The van der Waals surface area contributed by atoms with Crippen LogP contribution in [-0.4, -0.2) is 39.5 Å². The Balaban J connectivity index is 2.09. The summed E-state index contributed by atoms with van der Waals surface area (Å²) in [5, 5.41) is 3.79. The molecular formula is C19H22Cl2N2O4S. The zero-order valence-electron chi connectivity index (χ0n) is 16.0. The molecule has 0 aliphatic rings. The lowest BCUT2D eigenvalue weighted by Crippen LogP contribution is -2.36. The van der Waals surface area contributed by atoms with Gasteiger partial charge >= 0.3 is 0 Å². The minimum Gasteiger partial charge on any atom is -0.351 e. The van der Waals surface area contributed by atoms with Crippen molar-refractivity contribution in [1.82, 2.24) is 9.79 Å². The van der Waals surface area contributed by atoms with Gasteiger partial charge in [-0.15, -0.1) is 0 Å². The normalized spacial score (nSPS) is 12.2. The fourth-order valence-electron chi connectivity index (χ4n) is 2.45. The van der Waals surface area contributed by atoms with Gasteiger partial charge in [0.1, 0.15) is 0 Å². The highest BCUT2D eigenvalue weighted by Crippen LogP contribution is 2.29. The molecular weight excluding hydrogens is 423 g/mol. The highest BCUT2D eigenvalue weighted by atomic mass is 35.5. The predicted octanol–water partition coefficient (Wildman–Crippen LogP) is 3.88. The summed E-state index contributed by atoms with van der Waals surface area (Å²) < 4.78 is 25.1. The third-order valence-corrected chi connectivity index (χ3v) is 6.83. The molecule has 6 nitrogen and oxygen atoms in total. The Hall–Kier alpha value is -1.64. The smallest absolute Gasteiger partial charge is 0.264 e. The molecule has 0 fully saturated rings. The van der Waals surface area contributed by atoms with Gasteiger partial charge in [-0.3, -0.25) is 9.63 Å². The van der Waals surface area contributed by atoms with Gasteiger partial charge in [-0.25, -0.2) is 8.42 Å². The summed E-state index contributed by atoms with van der Waals surface area (Å²) in [6.45, 7) is 4.31. The predicted molar refractivity (Wildman–Crippen MR) is 110 cm³/mol. The van der Waals surface area contributed by atoms with E-state index in [1.54, 1.807) is 12.1 Å². The molecule has 0 saturated carbocycles. The minimum absolute atomic E-state index is 0.0320. The minimum atomic E-state index is -3.75. The zero-order chi connectivity index (χ0) is 21.1. The Bertz CT molecular complexity index is 960. The Kier molecular flexibility index (Phi) is 7.12. The highest BCUT2D eigenvalue weighted by molar-refractivity contribution is 7.89. The number of carbonyl (C=O) groups excluding carboxylic acids is 1. The lowest BCUT2D eigenvalue weighted by atomic mass is 9.84. The summed E-state index contributed by atoms with van der Waals surface area (Å²) >= 11 is 12.0. The summed E-state index contributed by atoms with van der Waals surface area (Å²) in [6.07, 6.45) is 0. The lowest BCUT2D eigenvalue weighted by Gasteiger charge is -2.26. The van der Waals surface area contributed by atoms with Crippen molar-refractivity contribution in [3.63, 3.8) is 0 Å². The molecule has 2 rings (SSSR count). The van der Waals surface area contributed by atoms with Crippen LogP contribution in [0.15, 0.2) is 47.4 Å². The molecule has 2 aromatic rings. The van der Waals surface area contributed by atoms with Gasteiger partial charge in [-0.1, -0.05) is 47.6 Å². The lowest BCUT2D eigenvalue weighted by molar-refractivity contribution is -0.0258. The zero-order valence-corrected chi connectivity index (χ0v) is 18.3. The van der Waals surface area contributed by atoms with E-state index in [1.165, 1.54) is 38.4 Å². The van der Waals surface area contributed by atoms with Gasteiger partial charge in [0, 0.05) is 24.6 Å². The Morgan fingerprint density at radius 1 is 1.11 bits per heavy atom. The summed E-state index contributed by atoms with van der Waals surface area (Å²) in [7, 11) is -1.20. The van der Waals surface area contributed by atoms with Crippen LogP contribution in [0.3, 0.4) is 0 Å². The summed E-state index contributed by atoms with van der Waals surface area (Å²) in [5.74, 6) is -0.308. The number of rotatable bonds is 7. The van der Waals surface area contributed by atoms with Crippen LogP contribution in [-0.2, 0) is 20.3 Å². The van der Waals surface area contributed by atoms with Crippen molar-refractivity contribution >= 4 is 39.1 Å². The number of sulfonamides is 1. The van der Waals surface area contributed by atoms with Gasteiger partial charge in [0.2, 0.25) is 0 Å². The molecule has 1 N–H and O–H groups in total. The van der Waals surface area contributed by atoms with Gasteiger partial charge in [-0.05, 0) is 42.0 Å². The molecule has 0 atom stereocenters. The highest BCUT2D eigenvalue weighted by Gasteiger charge is 2.24. The van der Waals surface area contributed by atoms with E-state index >= 15 is 0 Å². The molecule has 9 heteroatoms. The molecule has 0 heterocycles. The van der Waals surface area contributed by atoms with E-state index in [2.05, 4.69) is 5.32 Å². The quantitative estimate of drug-likeness (QED) is 0.657. The SMILES string of the molecule is CON(C)S(=O)(=O)c1ccc(C(=O)NCC(C)(C)c2ccc(Cl)c(Cl)c2)cc1. The number of hydrogen-bond donors (Lipinski definition) is 1. The number of amides is 1. The second kappa shape index (κ2) is 8.80. The second-order valence-electron chi connectivity index (χ2n) is 6.82. The van der Waals surface area contributed by atoms with Crippen LogP contribution < -0.4 is 5.32 Å². The van der Waals surface area contributed by atoms with Crippen molar-refractivity contribution in [3.05, 3.63) is 63.6 Å². The molecule has 152 valence electrons. The van der Waals surface area contributed by atoms with Gasteiger partial charge < -0.3 is 5.32 Å². The molecule has 0 spiro atoms.